The molecule has 0 heterocycles. The van der Waals surface area contributed by atoms with Crippen LogP contribution in [0, 0.1) is 17.0 Å². The van der Waals surface area contributed by atoms with Gasteiger partial charge in [0.05, 0.1) is 11.0 Å². The first-order chi connectivity index (χ1) is 7.13. The second kappa shape index (κ2) is 5.26. The van der Waals surface area contributed by atoms with Crippen molar-refractivity contribution < 1.29 is 9.66 Å². The van der Waals surface area contributed by atoms with Gasteiger partial charge in [-0.25, -0.2) is 0 Å². The molecule has 0 aliphatic carbocycles. The Labute approximate surface area is 88.3 Å². The van der Waals surface area contributed by atoms with Crippen molar-refractivity contribution in [3.8, 4) is 0 Å². The number of ether oxygens (including phenoxy) is 1. The fraction of sp³-hybridized carbons (Fsp3) is 0.182. The predicted molar refractivity (Wildman–Crippen MR) is 57.2 cm³/mol. The van der Waals surface area contributed by atoms with Gasteiger partial charge in [0.2, 0.25) is 0 Å². The van der Waals surface area contributed by atoms with Crippen molar-refractivity contribution in [2.45, 2.75) is 6.10 Å². The number of nitro groups is 1. The number of rotatable bonds is 4. The Kier molecular flexibility index (Phi) is 4.00. The number of nitro benzene ring substituents is 1. The number of methoxy groups -OCH3 is 1. The molecule has 1 aromatic carbocycles. The molecule has 1 unspecified atom stereocenters. The zero-order chi connectivity index (χ0) is 11.3. The molecule has 1 aromatic rings. The topological polar surface area (TPSA) is 52.4 Å². The van der Waals surface area contributed by atoms with E-state index in [1.54, 1.807) is 24.3 Å². The number of non-ortho nitro benzene ring substituents is 1. The molecule has 1 rings (SSSR count). The summed E-state index contributed by atoms with van der Waals surface area (Å²) in [5.41, 5.74) is 0.913. The SMILES string of the molecule is [CH]C(/C=C/c1ccc([N+](=O)[O-])cc1)OC. The van der Waals surface area contributed by atoms with E-state index in [4.69, 9.17) is 11.7 Å². The first-order valence-corrected chi connectivity index (χ1v) is 4.34. The van der Waals surface area contributed by atoms with Gasteiger partial charge >= 0.3 is 0 Å². The van der Waals surface area contributed by atoms with E-state index in [9.17, 15) is 10.1 Å². The van der Waals surface area contributed by atoms with Gasteiger partial charge in [-0.2, -0.15) is 0 Å². The van der Waals surface area contributed by atoms with Gasteiger partial charge in [0.15, 0.2) is 0 Å². The minimum Gasteiger partial charge on any atom is -0.377 e. The van der Waals surface area contributed by atoms with Gasteiger partial charge in [0, 0.05) is 26.2 Å². The van der Waals surface area contributed by atoms with E-state index >= 15 is 0 Å². The maximum absolute atomic E-state index is 10.4. The molecule has 0 spiro atoms. The largest absolute Gasteiger partial charge is 0.377 e. The highest BCUT2D eigenvalue weighted by Gasteiger charge is 2.02. The minimum atomic E-state index is -0.458. The summed E-state index contributed by atoms with van der Waals surface area (Å²) in [6.45, 7) is 5.48. The molecule has 2 radical (unpaired) electrons. The monoisotopic (exact) mass is 205 g/mol. The molecule has 0 amide bonds. The van der Waals surface area contributed by atoms with Crippen molar-refractivity contribution in [3.05, 3.63) is 52.9 Å². The Morgan fingerprint density at radius 2 is 2.07 bits per heavy atom. The lowest BCUT2D eigenvalue weighted by Crippen LogP contribution is -1.98. The first-order valence-electron chi connectivity index (χ1n) is 4.34. The van der Waals surface area contributed by atoms with E-state index in [0.29, 0.717) is 0 Å². The summed E-state index contributed by atoms with van der Waals surface area (Å²) < 4.78 is 4.82. The fourth-order valence-electron chi connectivity index (χ4n) is 0.992. The smallest absolute Gasteiger partial charge is 0.269 e. The quantitative estimate of drug-likeness (QED) is 0.560. The number of nitrogens with zero attached hydrogens (tertiary/aromatic N) is 1. The van der Waals surface area contributed by atoms with Crippen LogP contribution < -0.4 is 0 Å². The highest BCUT2D eigenvalue weighted by atomic mass is 16.6. The molecule has 78 valence electrons. The van der Waals surface area contributed by atoms with Crippen LogP contribution in [-0.2, 0) is 4.74 Å². The highest BCUT2D eigenvalue weighted by molar-refractivity contribution is 5.52. The van der Waals surface area contributed by atoms with Gasteiger partial charge in [0.25, 0.3) is 5.69 Å². The molecule has 0 fully saturated rings. The predicted octanol–water partition coefficient (Wildman–Crippen LogP) is 2.33. The standard InChI is InChI=1S/C11H11NO3/c1-9(15-2)3-4-10-5-7-11(8-6-10)12(13)14/h1,3-9H,2H3/b4-3+. The molecule has 15 heavy (non-hydrogen) atoms. The molecule has 0 bridgehead atoms. The molecule has 0 aliphatic heterocycles. The lowest BCUT2D eigenvalue weighted by molar-refractivity contribution is -0.384. The van der Waals surface area contributed by atoms with Gasteiger partial charge in [-0.15, -0.1) is 0 Å². The van der Waals surface area contributed by atoms with E-state index in [1.165, 1.54) is 19.2 Å². The van der Waals surface area contributed by atoms with Crippen LogP contribution in [0.5, 0.6) is 0 Å². The third-order valence-corrected chi connectivity index (χ3v) is 1.85. The fourth-order valence-corrected chi connectivity index (χ4v) is 0.992. The van der Waals surface area contributed by atoms with Crippen LogP contribution in [0.15, 0.2) is 30.3 Å². The molecule has 4 nitrogen and oxygen atoms in total. The lowest BCUT2D eigenvalue weighted by Gasteiger charge is -2.00. The molecule has 0 aromatic heterocycles. The lowest BCUT2D eigenvalue weighted by atomic mass is 10.2. The molecular formula is C11H11NO3. The number of hydrogen-bond acceptors (Lipinski definition) is 3. The minimum absolute atomic E-state index is 0.0724. The van der Waals surface area contributed by atoms with Gasteiger partial charge in [0.1, 0.15) is 0 Å². The van der Waals surface area contributed by atoms with Crippen LogP contribution in [0.25, 0.3) is 6.08 Å². The summed E-state index contributed by atoms with van der Waals surface area (Å²) in [7, 11) is 1.50. The van der Waals surface area contributed by atoms with E-state index in [0.717, 1.165) is 5.56 Å². The Balaban J connectivity index is 2.72. The van der Waals surface area contributed by atoms with E-state index in [1.807, 2.05) is 0 Å². The number of benzene rings is 1. The average molecular weight is 205 g/mol. The highest BCUT2D eigenvalue weighted by Crippen LogP contribution is 2.13. The van der Waals surface area contributed by atoms with Gasteiger partial charge in [-0.05, 0) is 17.7 Å². The van der Waals surface area contributed by atoms with Gasteiger partial charge in [-0.3, -0.25) is 10.1 Å². The molecule has 1 atom stereocenters. The summed E-state index contributed by atoms with van der Waals surface area (Å²) >= 11 is 0. The van der Waals surface area contributed by atoms with Crippen molar-refractivity contribution in [2.24, 2.45) is 0 Å². The molecule has 0 N–H and O–H groups in total. The maximum atomic E-state index is 10.4. The Morgan fingerprint density at radius 1 is 1.47 bits per heavy atom. The zero-order valence-electron chi connectivity index (χ0n) is 8.29. The first kappa shape index (κ1) is 11.4. The van der Waals surface area contributed by atoms with Crippen molar-refractivity contribution in [1.29, 1.82) is 0 Å². The second-order valence-corrected chi connectivity index (χ2v) is 2.91. The van der Waals surface area contributed by atoms with Gasteiger partial charge < -0.3 is 4.74 Å². The van der Waals surface area contributed by atoms with Gasteiger partial charge in [-0.1, -0.05) is 12.2 Å². The van der Waals surface area contributed by atoms with Crippen LogP contribution in [0.2, 0.25) is 0 Å². The third-order valence-electron chi connectivity index (χ3n) is 1.85. The Bertz CT molecular complexity index is 357. The van der Waals surface area contributed by atoms with E-state index in [2.05, 4.69) is 0 Å². The summed E-state index contributed by atoms with van der Waals surface area (Å²) in [6, 6.07) is 6.18. The molecule has 0 saturated heterocycles. The Hall–Kier alpha value is -1.68. The normalized spacial score (nSPS) is 12.9. The maximum Gasteiger partial charge on any atom is 0.269 e. The zero-order valence-corrected chi connectivity index (χ0v) is 8.29. The van der Waals surface area contributed by atoms with Crippen LogP contribution in [0.3, 0.4) is 0 Å². The van der Waals surface area contributed by atoms with Crippen molar-refractivity contribution >= 4 is 11.8 Å². The molecule has 4 heteroatoms. The summed E-state index contributed by atoms with van der Waals surface area (Å²) in [5.74, 6) is 0. The van der Waals surface area contributed by atoms with Crippen LogP contribution in [0.4, 0.5) is 5.69 Å². The van der Waals surface area contributed by atoms with Crippen LogP contribution >= 0.6 is 0 Å². The molecule has 0 saturated carbocycles. The van der Waals surface area contributed by atoms with Crippen molar-refractivity contribution in [3.63, 3.8) is 0 Å². The summed E-state index contributed by atoms with van der Waals surface area (Å²) in [5, 5.41) is 10.4. The average Bonchev–Trinajstić information content (AvgIpc) is 2.26. The van der Waals surface area contributed by atoms with Crippen molar-refractivity contribution in [2.75, 3.05) is 7.11 Å². The Morgan fingerprint density at radius 3 is 2.53 bits per heavy atom. The number of hydrogen-bond donors (Lipinski definition) is 0. The second-order valence-electron chi connectivity index (χ2n) is 2.91. The van der Waals surface area contributed by atoms with E-state index in [-0.39, 0.29) is 5.69 Å². The van der Waals surface area contributed by atoms with Crippen LogP contribution in [-0.4, -0.2) is 18.1 Å². The third kappa shape index (κ3) is 3.52. The summed E-state index contributed by atoms with van der Waals surface area (Å²) in [4.78, 5) is 9.94. The molecule has 0 aliphatic rings. The van der Waals surface area contributed by atoms with Crippen molar-refractivity contribution in [1.82, 2.24) is 0 Å². The molecular weight excluding hydrogens is 194 g/mol. The van der Waals surface area contributed by atoms with Crippen LogP contribution in [0.1, 0.15) is 5.56 Å². The van der Waals surface area contributed by atoms with E-state index < -0.39 is 11.0 Å². The summed E-state index contributed by atoms with van der Waals surface area (Å²) in [6.07, 6.45) is 2.96.